The number of benzene rings is 2. The first-order valence-electron chi connectivity index (χ1n) is 20.0. The maximum atomic E-state index is 13.7. The zero-order chi connectivity index (χ0) is 39.6. The first-order valence-corrected chi connectivity index (χ1v) is 21.5. The molecule has 2 aromatic heterocycles. The number of piperidine rings is 3. The topological polar surface area (TPSA) is 168 Å². The summed E-state index contributed by atoms with van der Waals surface area (Å²) in [5.74, 6) is 2.50. The number of likely N-dealkylation sites (tertiary alicyclic amines) is 1. The van der Waals surface area contributed by atoms with Crippen LogP contribution in [0.5, 0.6) is 0 Å². The second-order valence-corrected chi connectivity index (χ2v) is 17.5. The maximum absolute atomic E-state index is 13.7. The zero-order valence-electron chi connectivity index (χ0n) is 32.5. The Morgan fingerprint density at radius 3 is 2.47 bits per heavy atom. The van der Waals surface area contributed by atoms with Gasteiger partial charge in [-0.15, -0.1) is 0 Å². The number of carbonyl (C=O) groups is 2. The Bertz CT molecular complexity index is 2160. The molecule has 0 aliphatic carbocycles. The van der Waals surface area contributed by atoms with Gasteiger partial charge < -0.3 is 20.4 Å². The van der Waals surface area contributed by atoms with Crippen LogP contribution in [0, 0.1) is 11.3 Å². The number of fused-ring (bicyclic) bond motifs is 1. The van der Waals surface area contributed by atoms with Crippen LogP contribution in [-0.4, -0.2) is 116 Å². The Labute approximate surface area is 340 Å². The van der Waals surface area contributed by atoms with Crippen LogP contribution in [0.15, 0.2) is 53.6 Å². The molecular weight excluding hydrogens is 764 g/mol. The molecule has 4 aliphatic heterocycles. The Kier molecular flexibility index (Phi) is 11.7. The molecule has 4 N–H and O–H groups in total. The number of hydrogen-bond donors (Lipinski definition) is 4. The molecule has 17 heteroatoms. The van der Waals surface area contributed by atoms with E-state index in [1.54, 1.807) is 18.1 Å². The molecule has 0 saturated carbocycles. The quantitative estimate of drug-likeness (QED) is 0.150. The molecule has 1 atom stereocenters. The number of urea groups is 1. The number of amides is 3. The molecule has 4 aromatic rings. The molecule has 57 heavy (non-hydrogen) atoms. The van der Waals surface area contributed by atoms with E-state index in [-0.39, 0.29) is 23.5 Å². The third-order valence-corrected chi connectivity index (χ3v) is 13.7. The highest BCUT2D eigenvalue weighted by Crippen LogP contribution is 2.35. The van der Waals surface area contributed by atoms with E-state index in [4.69, 9.17) is 17.0 Å². The van der Waals surface area contributed by atoms with Crippen molar-refractivity contribution in [2.45, 2.75) is 61.8 Å². The van der Waals surface area contributed by atoms with Gasteiger partial charge in [0, 0.05) is 83.1 Å². The Morgan fingerprint density at radius 2 is 1.75 bits per heavy atom. The fraction of sp³-hybridized carbons (Fsp3) is 0.500. The molecule has 1 unspecified atom stereocenters. The van der Waals surface area contributed by atoms with Crippen LogP contribution in [0.4, 0.5) is 28.1 Å². The average molecular weight is 815 g/mol. The third kappa shape index (κ3) is 8.64. The van der Waals surface area contributed by atoms with E-state index in [1.807, 2.05) is 23.9 Å². The average Bonchev–Trinajstić information content (AvgIpc) is 3.56. The lowest BCUT2D eigenvalue weighted by Crippen LogP contribution is -2.49. The molecule has 8 rings (SSSR count). The fourth-order valence-electron chi connectivity index (χ4n) is 8.75. The minimum atomic E-state index is -1.24. The van der Waals surface area contributed by atoms with Crippen LogP contribution in [0.1, 0.15) is 62.0 Å². The van der Waals surface area contributed by atoms with Crippen LogP contribution in [0.2, 0.25) is 0 Å². The highest BCUT2D eigenvalue weighted by Gasteiger charge is 2.30. The molecule has 302 valence electrons. The number of nitrogens with zero attached hydrogens (tertiary/aromatic N) is 8. The molecule has 0 spiro atoms. The fourth-order valence-corrected chi connectivity index (χ4v) is 10.1. The van der Waals surface area contributed by atoms with Gasteiger partial charge in [-0.25, -0.2) is 18.3 Å². The SMILES string of the molecule is CNc1nc(NC2CCN(S(=O)c3cccc(N4CCC(CN5CCC(c6ccc7c(N8CCC(=O)NC8=O)nn(C)c7c6)CC5)CC4)c3)CC2)ncc1C(=N)Cl. The van der Waals surface area contributed by atoms with Gasteiger partial charge in [0.25, 0.3) is 0 Å². The number of rotatable bonds is 11. The summed E-state index contributed by atoms with van der Waals surface area (Å²) in [7, 11) is 2.41. The highest BCUT2D eigenvalue weighted by molar-refractivity contribution is 7.82. The van der Waals surface area contributed by atoms with Crippen LogP contribution < -0.4 is 25.8 Å². The summed E-state index contributed by atoms with van der Waals surface area (Å²) in [6.45, 7) is 7.04. The van der Waals surface area contributed by atoms with Crippen molar-refractivity contribution in [1.29, 1.82) is 5.41 Å². The van der Waals surface area contributed by atoms with Crippen molar-refractivity contribution in [3.63, 3.8) is 0 Å². The van der Waals surface area contributed by atoms with Crippen molar-refractivity contribution in [3.05, 3.63) is 59.8 Å². The number of anilines is 4. The van der Waals surface area contributed by atoms with E-state index in [1.165, 1.54) is 5.56 Å². The van der Waals surface area contributed by atoms with Crippen LogP contribution in [0.25, 0.3) is 10.9 Å². The van der Waals surface area contributed by atoms with Gasteiger partial charge >= 0.3 is 6.03 Å². The van der Waals surface area contributed by atoms with Crippen molar-refractivity contribution in [1.82, 2.24) is 34.3 Å². The Hall–Kier alpha value is -4.64. The first kappa shape index (κ1) is 39.2. The number of nitrogens with one attached hydrogen (secondary N) is 4. The predicted octanol–water partition coefficient (Wildman–Crippen LogP) is 5.11. The van der Waals surface area contributed by atoms with Gasteiger partial charge in [-0.2, -0.15) is 10.1 Å². The van der Waals surface area contributed by atoms with Gasteiger partial charge in [0.15, 0.2) is 5.82 Å². The van der Waals surface area contributed by atoms with Gasteiger partial charge in [-0.05, 0) is 99.3 Å². The van der Waals surface area contributed by atoms with E-state index in [2.05, 4.69) is 75.5 Å². The van der Waals surface area contributed by atoms with Crippen LogP contribution >= 0.6 is 11.6 Å². The van der Waals surface area contributed by atoms with Crippen LogP contribution in [-0.2, 0) is 22.8 Å². The predicted molar refractivity (Wildman–Crippen MR) is 225 cm³/mol. The molecule has 0 bridgehead atoms. The van der Waals surface area contributed by atoms with E-state index in [0.717, 1.165) is 92.7 Å². The van der Waals surface area contributed by atoms with E-state index < -0.39 is 17.0 Å². The molecule has 6 heterocycles. The first-order chi connectivity index (χ1) is 27.6. The molecule has 4 aliphatic rings. The van der Waals surface area contributed by atoms with Crippen molar-refractivity contribution >= 4 is 73.9 Å². The largest absolute Gasteiger partial charge is 0.372 e. The zero-order valence-corrected chi connectivity index (χ0v) is 34.1. The lowest BCUT2D eigenvalue weighted by atomic mass is 9.88. The summed E-state index contributed by atoms with van der Waals surface area (Å²) in [6.07, 6.45) is 7.98. The van der Waals surface area contributed by atoms with Crippen molar-refractivity contribution in [3.8, 4) is 0 Å². The number of hydrogen-bond acceptors (Lipinski definition) is 11. The number of aromatic nitrogens is 4. The lowest BCUT2D eigenvalue weighted by molar-refractivity contribution is -0.120. The van der Waals surface area contributed by atoms with E-state index >= 15 is 0 Å². The maximum Gasteiger partial charge on any atom is 0.329 e. The normalized spacial score (nSPS) is 20.2. The molecule has 4 saturated heterocycles. The third-order valence-electron chi connectivity index (χ3n) is 12.0. The highest BCUT2D eigenvalue weighted by atomic mass is 35.5. The number of halogens is 1. The molecule has 0 radical (unpaired) electrons. The van der Waals surface area contributed by atoms with Gasteiger partial charge in [-0.1, -0.05) is 23.7 Å². The number of imide groups is 1. The summed E-state index contributed by atoms with van der Waals surface area (Å²) in [5.41, 5.74) is 3.92. The molecule has 3 amide bonds. The standard InChI is InChI=1S/C40H51ClN12O3S/c1-43-37-33(36(41)42)24-44-39(47-37)45-29-12-19-52(20-13-29)57(56)31-5-3-4-30(23-31)51-17-8-26(9-18-51)25-50-15-10-27(11-16-50)28-6-7-32-34(22-28)49(2)48-38(32)53-21-14-35(54)46-40(53)55/h3-7,22-24,26-27,29,42H,8-21,25H2,1-2H3,(H,46,54,55)(H2,43,44,45,47). The molecular formula is C40H51ClN12O3S. The van der Waals surface area contributed by atoms with Crippen molar-refractivity contribution in [2.24, 2.45) is 13.0 Å². The summed E-state index contributed by atoms with van der Waals surface area (Å²) >= 11 is 5.86. The summed E-state index contributed by atoms with van der Waals surface area (Å²) in [4.78, 5) is 40.5. The van der Waals surface area contributed by atoms with Gasteiger partial charge in [0.1, 0.15) is 22.0 Å². The summed E-state index contributed by atoms with van der Waals surface area (Å²) < 4.78 is 17.6. The van der Waals surface area contributed by atoms with Gasteiger partial charge in [0.05, 0.1) is 16.0 Å². The molecule has 15 nitrogen and oxygen atoms in total. The second-order valence-electron chi connectivity index (χ2n) is 15.6. The van der Waals surface area contributed by atoms with E-state index in [0.29, 0.717) is 54.6 Å². The monoisotopic (exact) mass is 814 g/mol. The second kappa shape index (κ2) is 17.1. The van der Waals surface area contributed by atoms with E-state index in [9.17, 15) is 13.8 Å². The molecule has 4 fully saturated rings. The number of aryl methyl sites for hydroxylation is 1. The number of carbonyl (C=O) groups excluding carboxylic acids is 2. The van der Waals surface area contributed by atoms with Crippen molar-refractivity contribution in [2.75, 3.05) is 79.8 Å². The Morgan fingerprint density at radius 1 is 0.982 bits per heavy atom. The minimum absolute atomic E-state index is 0.110. The summed E-state index contributed by atoms with van der Waals surface area (Å²) in [5, 5.41) is 22.0. The van der Waals surface area contributed by atoms with Crippen LogP contribution in [0.3, 0.4) is 0 Å². The Balaban J connectivity index is 0.788. The summed E-state index contributed by atoms with van der Waals surface area (Å²) in [6, 6.07) is 14.5. The molecule has 2 aromatic carbocycles. The minimum Gasteiger partial charge on any atom is -0.372 e. The smallest absolute Gasteiger partial charge is 0.329 e. The van der Waals surface area contributed by atoms with Gasteiger partial charge in [-0.3, -0.25) is 25.1 Å². The lowest BCUT2D eigenvalue weighted by Gasteiger charge is -2.38. The van der Waals surface area contributed by atoms with Crippen molar-refractivity contribution < 1.29 is 13.8 Å². The van der Waals surface area contributed by atoms with Gasteiger partial charge in [0.2, 0.25) is 11.9 Å².